The highest BCUT2D eigenvalue weighted by atomic mass is 16.3. The summed E-state index contributed by atoms with van der Waals surface area (Å²) < 4.78 is 0. The number of nitrogens with one attached hydrogen (secondary N) is 1. The van der Waals surface area contributed by atoms with Crippen LogP contribution in [-0.2, 0) is 11.2 Å². The number of rotatable bonds is 5. The smallest absolute Gasteiger partial charge is 0.225 e. The molecule has 0 saturated carbocycles. The van der Waals surface area contributed by atoms with Gasteiger partial charge in [-0.1, -0.05) is 55.5 Å². The van der Waals surface area contributed by atoms with Crippen molar-refractivity contribution in [2.45, 2.75) is 25.8 Å². The lowest BCUT2D eigenvalue weighted by atomic mass is 10.0. The topological polar surface area (TPSA) is 49.3 Å². The highest BCUT2D eigenvalue weighted by molar-refractivity contribution is 5.79. The number of carbonyl (C=O) groups excluding carboxylic acids is 1. The van der Waals surface area contributed by atoms with Crippen LogP contribution < -0.4 is 5.32 Å². The lowest BCUT2D eigenvalue weighted by molar-refractivity contribution is -0.121. The lowest BCUT2D eigenvalue weighted by Gasteiger charge is -2.17. The highest BCUT2D eigenvalue weighted by Gasteiger charge is 2.13. The molecule has 3 heteroatoms. The lowest BCUT2D eigenvalue weighted by Crippen LogP contribution is -2.29. The van der Waals surface area contributed by atoms with Crippen LogP contribution in [0.3, 0.4) is 0 Å². The molecule has 0 fully saturated rings. The second kappa shape index (κ2) is 6.75. The normalized spacial score (nSPS) is 11.8. The summed E-state index contributed by atoms with van der Waals surface area (Å²) in [5.41, 5.74) is 1.74. The molecular weight excluding hydrogens is 250 g/mol. The minimum absolute atomic E-state index is 0.00885. The first-order valence-corrected chi connectivity index (χ1v) is 6.82. The number of phenols is 1. The second-order valence-corrected chi connectivity index (χ2v) is 4.74. The van der Waals surface area contributed by atoms with Crippen molar-refractivity contribution in [3.05, 3.63) is 65.7 Å². The molecule has 1 atom stereocenters. The fourth-order valence-electron chi connectivity index (χ4n) is 2.19. The molecule has 20 heavy (non-hydrogen) atoms. The minimum Gasteiger partial charge on any atom is -0.508 e. The minimum atomic E-state index is -0.0813. The van der Waals surface area contributed by atoms with Gasteiger partial charge in [0.05, 0.1) is 12.5 Å². The quantitative estimate of drug-likeness (QED) is 0.875. The van der Waals surface area contributed by atoms with Crippen molar-refractivity contribution in [3.63, 3.8) is 0 Å². The van der Waals surface area contributed by atoms with Crippen molar-refractivity contribution in [1.82, 2.24) is 5.32 Å². The Morgan fingerprint density at radius 2 is 1.75 bits per heavy atom. The van der Waals surface area contributed by atoms with Crippen LogP contribution >= 0.6 is 0 Å². The summed E-state index contributed by atoms with van der Waals surface area (Å²) in [6, 6.07) is 16.8. The second-order valence-electron chi connectivity index (χ2n) is 4.74. The third-order valence-corrected chi connectivity index (χ3v) is 3.29. The summed E-state index contributed by atoms with van der Waals surface area (Å²) in [6.07, 6.45) is 1.02. The van der Waals surface area contributed by atoms with Crippen molar-refractivity contribution >= 4 is 5.91 Å². The number of carbonyl (C=O) groups is 1. The van der Waals surface area contributed by atoms with E-state index < -0.39 is 0 Å². The van der Waals surface area contributed by atoms with Crippen molar-refractivity contribution in [3.8, 4) is 5.75 Å². The molecule has 0 bridgehead atoms. The number of aromatic hydroxyl groups is 1. The van der Waals surface area contributed by atoms with E-state index in [4.69, 9.17) is 0 Å². The van der Waals surface area contributed by atoms with Gasteiger partial charge in [-0.25, -0.2) is 0 Å². The maximum atomic E-state index is 12.1. The van der Waals surface area contributed by atoms with Crippen LogP contribution in [0.1, 0.15) is 30.5 Å². The Hall–Kier alpha value is -2.29. The van der Waals surface area contributed by atoms with Gasteiger partial charge in [0.2, 0.25) is 5.91 Å². The molecule has 104 valence electrons. The Labute approximate surface area is 119 Å². The molecule has 2 N–H and O–H groups in total. The molecule has 0 aromatic heterocycles. The van der Waals surface area contributed by atoms with Crippen molar-refractivity contribution < 1.29 is 9.90 Å². The van der Waals surface area contributed by atoms with Crippen LogP contribution in [-0.4, -0.2) is 11.0 Å². The molecule has 0 saturated heterocycles. The summed E-state index contributed by atoms with van der Waals surface area (Å²) in [4.78, 5) is 12.1. The average Bonchev–Trinajstić information content (AvgIpc) is 2.48. The molecule has 0 aliphatic carbocycles. The van der Waals surface area contributed by atoms with E-state index in [0.29, 0.717) is 5.56 Å². The number of hydrogen-bond donors (Lipinski definition) is 2. The van der Waals surface area contributed by atoms with Gasteiger partial charge in [0.25, 0.3) is 0 Å². The predicted molar refractivity (Wildman–Crippen MR) is 79.4 cm³/mol. The summed E-state index contributed by atoms with van der Waals surface area (Å²) in [5, 5.41) is 12.7. The highest BCUT2D eigenvalue weighted by Crippen LogP contribution is 2.18. The van der Waals surface area contributed by atoms with E-state index in [1.54, 1.807) is 18.2 Å². The number of amides is 1. The monoisotopic (exact) mass is 269 g/mol. The van der Waals surface area contributed by atoms with Crippen LogP contribution in [0, 0.1) is 0 Å². The third-order valence-electron chi connectivity index (χ3n) is 3.29. The zero-order valence-corrected chi connectivity index (χ0v) is 11.5. The van der Waals surface area contributed by atoms with E-state index >= 15 is 0 Å². The van der Waals surface area contributed by atoms with Crippen molar-refractivity contribution in [1.29, 1.82) is 0 Å². The van der Waals surface area contributed by atoms with E-state index in [0.717, 1.165) is 12.0 Å². The zero-order chi connectivity index (χ0) is 14.4. The zero-order valence-electron chi connectivity index (χ0n) is 11.5. The third kappa shape index (κ3) is 3.60. The van der Waals surface area contributed by atoms with E-state index in [9.17, 15) is 9.90 Å². The maximum absolute atomic E-state index is 12.1. The average molecular weight is 269 g/mol. The van der Waals surface area contributed by atoms with Gasteiger partial charge in [-0.2, -0.15) is 0 Å². The van der Waals surface area contributed by atoms with E-state index in [1.807, 2.05) is 43.3 Å². The van der Waals surface area contributed by atoms with Gasteiger partial charge < -0.3 is 10.4 Å². The number of hydrogen-bond acceptors (Lipinski definition) is 2. The Bertz CT molecular complexity index is 566. The van der Waals surface area contributed by atoms with Crippen LogP contribution in [0.2, 0.25) is 0 Å². The van der Waals surface area contributed by atoms with Gasteiger partial charge in [-0.05, 0) is 18.1 Å². The molecule has 0 spiro atoms. The van der Waals surface area contributed by atoms with Gasteiger partial charge in [0.15, 0.2) is 0 Å². The first kappa shape index (κ1) is 14.1. The van der Waals surface area contributed by atoms with Gasteiger partial charge in [0, 0.05) is 5.56 Å². The standard InChI is InChI=1S/C17H19NO2/c1-2-15(13-8-4-3-5-9-13)18-17(20)12-14-10-6-7-11-16(14)19/h3-11,15,19H,2,12H2,1H3,(H,18,20). The van der Waals surface area contributed by atoms with Gasteiger partial charge >= 0.3 is 0 Å². The predicted octanol–water partition coefficient (Wildman–Crippen LogP) is 3.20. The molecule has 2 rings (SSSR count). The largest absolute Gasteiger partial charge is 0.508 e. The molecule has 0 radical (unpaired) electrons. The molecule has 0 aliphatic heterocycles. The SMILES string of the molecule is CCC(NC(=O)Cc1ccccc1O)c1ccccc1. The van der Waals surface area contributed by atoms with Crippen LogP contribution in [0.25, 0.3) is 0 Å². The van der Waals surface area contributed by atoms with Crippen molar-refractivity contribution in [2.24, 2.45) is 0 Å². The van der Waals surface area contributed by atoms with Gasteiger partial charge in [-0.3, -0.25) is 4.79 Å². The molecule has 2 aromatic carbocycles. The Morgan fingerprint density at radius 3 is 2.40 bits per heavy atom. The summed E-state index contributed by atoms with van der Waals surface area (Å²) in [6.45, 7) is 2.04. The van der Waals surface area contributed by atoms with Gasteiger partial charge in [0.1, 0.15) is 5.75 Å². The molecule has 0 heterocycles. The Balaban J connectivity index is 2.02. The maximum Gasteiger partial charge on any atom is 0.225 e. The first-order chi connectivity index (χ1) is 9.70. The van der Waals surface area contributed by atoms with Crippen molar-refractivity contribution in [2.75, 3.05) is 0 Å². The van der Waals surface area contributed by atoms with E-state index in [-0.39, 0.29) is 24.1 Å². The molecule has 3 nitrogen and oxygen atoms in total. The summed E-state index contributed by atoms with van der Waals surface area (Å²) in [5.74, 6) is 0.0811. The van der Waals surface area contributed by atoms with E-state index in [2.05, 4.69) is 5.32 Å². The number of phenolic OH excluding ortho intramolecular Hbond substituents is 1. The fraction of sp³-hybridized carbons (Fsp3) is 0.235. The van der Waals surface area contributed by atoms with Crippen LogP contribution in [0.15, 0.2) is 54.6 Å². The van der Waals surface area contributed by atoms with Crippen LogP contribution in [0.5, 0.6) is 5.75 Å². The first-order valence-electron chi connectivity index (χ1n) is 6.82. The summed E-state index contributed by atoms with van der Waals surface area (Å²) >= 11 is 0. The fourth-order valence-corrected chi connectivity index (χ4v) is 2.19. The summed E-state index contributed by atoms with van der Waals surface area (Å²) in [7, 11) is 0. The van der Waals surface area contributed by atoms with Gasteiger partial charge in [-0.15, -0.1) is 0 Å². The molecule has 1 amide bonds. The molecule has 0 aliphatic rings. The van der Waals surface area contributed by atoms with E-state index in [1.165, 1.54) is 0 Å². The number of para-hydroxylation sites is 1. The molecule has 2 aromatic rings. The Morgan fingerprint density at radius 1 is 1.10 bits per heavy atom. The molecule has 1 unspecified atom stereocenters. The number of benzene rings is 2. The Kier molecular flexibility index (Phi) is 4.77. The van der Waals surface area contributed by atoms with Crippen LogP contribution in [0.4, 0.5) is 0 Å². The molecular formula is C17H19NO2.